The Morgan fingerprint density at radius 3 is 2.53 bits per heavy atom. The number of sulfonamides is 1. The smallest absolute Gasteiger partial charge is 0.244 e. The van der Waals surface area contributed by atoms with Crippen LogP contribution in [0.2, 0.25) is 0 Å². The Morgan fingerprint density at radius 2 is 1.89 bits per heavy atom. The second-order valence-electron chi connectivity index (χ2n) is 9.48. The number of nitrogens with one attached hydrogen (secondary N) is 1. The summed E-state index contributed by atoms with van der Waals surface area (Å²) in [7, 11) is -4.25. The van der Waals surface area contributed by atoms with Crippen LogP contribution >= 0.6 is 0 Å². The fraction of sp³-hybridized carbons (Fsp3) is 0.522. The number of nitrogens with zero attached hydrogens (tertiary/aromatic N) is 4. The van der Waals surface area contributed by atoms with Crippen molar-refractivity contribution in [1.82, 2.24) is 19.6 Å². The molecule has 0 spiro atoms. The zero-order valence-corrected chi connectivity index (χ0v) is 20.3. The molecule has 3 aliphatic rings. The van der Waals surface area contributed by atoms with Gasteiger partial charge in [0.2, 0.25) is 15.9 Å². The summed E-state index contributed by atoms with van der Waals surface area (Å²) in [4.78, 5) is 27.6. The molecule has 1 aromatic carbocycles. The number of anilines is 1. The molecule has 194 valence electrons. The maximum atomic E-state index is 14.6. The summed E-state index contributed by atoms with van der Waals surface area (Å²) in [5.41, 5.74) is 0.510. The molecule has 0 bridgehead atoms. The Morgan fingerprint density at radius 1 is 1.19 bits per heavy atom. The zero-order chi connectivity index (χ0) is 25.6. The van der Waals surface area contributed by atoms with Gasteiger partial charge in [-0.05, 0) is 48.6 Å². The molecule has 1 aromatic heterocycles. The largest absolute Gasteiger partial charge is 0.351 e. The molecule has 2 aromatic rings. The molecule has 1 N–H and O–H groups in total. The molecule has 1 aliphatic carbocycles. The fourth-order valence-corrected chi connectivity index (χ4v) is 6.36. The molecule has 0 radical (unpaired) electrons. The maximum absolute atomic E-state index is 14.6. The molecule has 1 saturated carbocycles. The molecule has 2 saturated heterocycles. The van der Waals surface area contributed by atoms with Crippen molar-refractivity contribution in [1.29, 1.82) is 0 Å². The van der Waals surface area contributed by atoms with Crippen LogP contribution in [-0.2, 0) is 26.3 Å². The number of alkyl halides is 1. The first kappa shape index (κ1) is 24.9. The molecule has 9 nitrogen and oxygen atoms in total. The van der Waals surface area contributed by atoms with Crippen LogP contribution in [0.4, 0.5) is 19.1 Å². The summed E-state index contributed by atoms with van der Waals surface area (Å²) in [5, 5.41) is 2.69. The number of halogens is 3. The lowest BCUT2D eigenvalue weighted by atomic mass is 10.1. The third-order valence-corrected chi connectivity index (χ3v) is 8.85. The molecule has 13 heteroatoms. The highest BCUT2D eigenvalue weighted by Crippen LogP contribution is 2.39. The predicted molar refractivity (Wildman–Crippen MR) is 122 cm³/mol. The Kier molecular flexibility index (Phi) is 6.64. The molecule has 3 atom stereocenters. The first-order chi connectivity index (χ1) is 17.2. The van der Waals surface area contributed by atoms with Crippen molar-refractivity contribution in [2.75, 3.05) is 18.0 Å². The van der Waals surface area contributed by atoms with E-state index in [9.17, 15) is 26.5 Å². The number of hydrogen-bond acceptors (Lipinski definition) is 7. The van der Waals surface area contributed by atoms with Crippen LogP contribution in [0.1, 0.15) is 43.6 Å². The first-order valence-corrected chi connectivity index (χ1v) is 13.2. The summed E-state index contributed by atoms with van der Waals surface area (Å²) < 4.78 is 67.6. The van der Waals surface area contributed by atoms with Crippen molar-refractivity contribution < 1.29 is 31.5 Å². The van der Waals surface area contributed by atoms with E-state index in [4.69, 9.17) is 0 Å². The minimum absolute atomic E-state index is 0.0166. The van der Waals surface area contributed by atoms with E-state index in [0.29, 0.717) is 30.4 Å². The van der Waals surface area contributed by atoms with E-state index in [-0.39, 0.29) is 23.8 Å². The van der Waals surface area contributed by atoms with Crippen molar-refractivity contribution in [3.63, 3.8) is 0 Å². The minimum Gasteiger partial charge on any atom is -0.351 e. The van der Waals surface area contributed by atoms with Gasteiger partial charge in [-0.15, -0.1) is 0 Å². The van der Waals surface area contributed by atoms with Gasteiger partial charge in [0.05, 0.1) is 36.3 Å². The van der Waals surface area contributed by atoms with Crippen LogP contribution in [-0.4, -0.2) is 66.0 Å². The number of aromatic nitrogens is 2. The van der Waals surface area contributed by atoms with Crippen molar-refractivity contribution >= 4 is 21.7 Å². The second kappa shape index (κ2) is 9.60. The van der Waals surface area contributed by atoms with Gasteiger partial charge in [-0.3, -0.25) is 4.79 Å². The number of benzene rings is 1. The van der Waals surface area contributed by atoms with Gasteiger partial charge in [0.1, 0.15) is 35.8 Å². The van der Waals surface area contributed by atoms with Gasteiger partial charge < -0.3 is 10.2 Å². The zero-order valence-electron chi connectivity index (χ0n) is 19.5. The molecule has 3 fully saturated rings. The summed E-state index contributed by atoms with van der Waals surface area (Å²) >= 11 is 0. The molecule has 36 heavy (non-hydrogen) atoms. The third kappa shape index (κ3) is 4.78. The molecule has 3 heterocycles. The monoisotopic (exact) mass is 525 g/mol. The SMILES string of the molecule is C[C@H]1[C@H](F)C[C@@H](C(=O)NCc2cc(N3CC(OF)C3)nc(C3CC3)n2)N1S(=O)(=O)c1ccc(F)cc1. The maximum Gasteiger partial charge on any atom is 0.244 e. The van der Waals surface area contributed by atoms with Gasteiger partial charge in [-0.1, -0.05) is 0 Å². The lowest BCUT2D eigenvalue weighted by Gasteiger charge is -2.37. The second-order valence-corrected chi connectivity index (χ2v) is 11.3. The van der Waals surface area contributed by atoms with Crippen LogP contribution in [0.25, 0.3) is 0 Å². The topological polar surface area (TPSA) is 105 Å². The first-order valence-electron chi connectivity index (χ1n) is 11.8. The van der Waals surface area contributed by atoms with Gasteiger partial charge in [0.15, 0.2) is 0 Å². The lowest BCUT2D eigenvalue weighted by molar-refractivity contribution is -0.185. The highest BCUT2D eigenvalue weighted by atomic mass is 32.2. The van der Waals surface area contributed by atoms with Crippen molar-refractivity contribution in [2.45, 2.75) is 67.9 Å². The summed E-state index contributed by atoms with van der Waals surface area (Å²) in [6.45, 7) is 2.07. The Labute approximate surface area is 206 Å². The molecular weight excluding hydrogens is 499 g/mol. The third-order valence-electron chi connectivity index (χ3n) is 6.84. The van der Waals surface area contributed by atoms with Crippen molar-refractivity contribution in [2.24, 2.45) is 0 Å². The van der Waals surface area contributed by atoms with E-state index in [1.807, 2.05) is 4.90 Å². The van der Waals surface area contributed by atoms with E-state index in [2.05, 4.69) is 20.2 Å². The Balaban J connectivity index is 1.33. The van der Waals surface area contributed by atoms with E-state index in [0.717, 1.165) is 41.4 Å². The van der Waals surface area contributed by atoms with Crippen LogP contribution in [0.3, 0.4) is 0 Å². The predicted octanol–water partition coefficient (Wildman–Crippen LogP) is 2.39. The minimum atomic E-state index is -4.25. The van der Waals surface area contributed by atoms with Gasteiger partial charge in [0.25, 0.3) is 0 Å². The van der Waals surface area contributed by atoms with Crippen molar-refractivity contribution in [3.05, 3.63) is 47.7 Å². The van der Waals surface area contributed by atoms with Crippen LogP contribution in [0.15, 0.2) is 35.2 Å². The molecule has 1 amide bonds. The Hall–Kier alpha value is -2.77. The highest BCUT2D eigenvalue weighted by Gasteiger charge is 2.49. The van der Waals surface area contributed by atoms with Gasteiger partial charge in [0, 0.05) is 18.4 Å². The average Bonchev–Trinajstić information content (AvgIpc) is 3.62. The van der Waals surface area contributed by atoms with Crippen LogP contribution in [0.5, 0.6) is 0 Å². The molecule has 2 aliphatic heterocycles. The normalized spacial score (nSPS) is 25.1. The van der Waals surface area contributed by atoms with Gasteiger partial charge in [-0.25, -0.2) is 27.2 Å². The van der Waals surface area contributed by atoms with E-state index < -0.39 is 46.1 Å². The standard InChI is InChI=1S/C23H26F3N5O4S/c1-13-19(25)9-20(31(13)36(33,34)18-6-4-15(24)5-7-18)23(32)27-10-16-8-21(30-11-17(12-30)35-26)29-22(28-16)14-2-3-14/h4-8,13-14,17,19-20H,2-3,9-12H2,1H3,(H,27,32)/t13-,19+,20-/m0/s1. The van der Waals surface area contributed by atoms with E-state index >= 15 is 0 Å². The van der Waals surface area contributed by atoms with E-state index in [1.54, 1.807) is 6.07 Å². The molecule has 5 rings (SSSR count). The lowest BCUT2D eigenvalue weighted by Crippen LogP contribution is -2.52. The number of carbonyl (C=O) groups is 1. The van der Waals surface area contributed by atoms with Crippen LogP contribution < -0.4 is 10.2 Å². The van der Waals surface area contributed by atoms with Gasteiger partial charge in [-0.2, -0.15) is 9.25 Å². The number of rotatable bonds is 8. The van der Waals surface area contributed by atoms with Gasteiger partial charge >= 0.3 is 0 Å². The summed E-state index contributed by atoms with van der Waals surface area (Å²) in [5.74, 6) is 0.203. The van der Waals surface area contributed by atoms with E-state index in [1.165, 1.54) is 6.92 Å². The van der Waals surface area contributed by atoms with Crippen molar-refractivity contribution in [3.8, 4) is 0 Å². The highest BCUT2D eigenvalue weighted by molar-refractivity contribution is 7.89. The van der Waals surface area contributed by atoms with Crippen LogP contribution in [0, 0.1) is 5.82 Å². The number of hydrogen-bond donors (Lipinski definition) is 1. The Bertz CT molecular complexity index is 1240. The average molecular weight is 526 g/mol. The summed E-state index contributed by atoms with van der Waals surface area (Å²) in [6, 6.07) is 3.53. The quantitative estimate of drug-likeness (QED) is 0.564. The number of carbonyl (C=O) groups excluding carboxylic acids is 1. The number of amides is 1. The molecular formula is C23H26F3N5O4S. The fourth-order valence-electron chi connectivity index (χ4n) is 4.55. The summed E-state index contributed by atoms with van der Waals surface area (Å²) in [6.07, 6.45) is -0.438. The molecule has 0 unspecified atom stereocenters.